The molecule has 0 saturated carbocycles. The molecule has 0 radical (unpaired) electrons. The first-order valence-electron chi connectivity index (χ1n) is 4.68. The van der Waals surface area contributed by atoms with Gasteiger partial charge < -0.3 is 4.74 Å². The molecule has 0 N–H and O–H groups in total. The van der Waals surface area contributed by atoms with Crippen molar-refractivity contribution in [3.05, 3.63) is 48.6 Å². The maximum Gasteiger partial charge on any atom is 0.307 e. The molecule has 0 aromatic heterocycles. The van der Waals surface area contributed by atoms with Crippen LogP contribution in [0.4, 0.5) is 0 Å². The quantitative estimate of drug-likeness (QED) is 0.525. The zero-order chi connectivity index (χ0) is 9.97. The highest BCUT2D eigenvalue weighted by Gasteiger charge is 2.33. The van der Waals surface area contributed by atoms with Crippen LogP contribution in [-0.4, -0.2) is 12.1 Å². The van der Waals surface area contributed by atoms with Crippen molar-refractivity contribution in [2.24, 2.45) is 0 Å². The molecule has 14 heavy (non-hydrogen) atoms. The summed E-state index contributed by atoms with van der Waals surface area (Å²) >= 11 is 0. The predicted octanol–water partition coefficient (Wildman–Crippen LogP) is 2.27. The molecule has 2 nitrogen and oxygen atoms in total. The van der Waals surface area contributed by atoms with Gasteiger partial charge in [0, 0.05) is 5.92 Å². The number of carbonyl (C=O) groups excluding carboxylic acids is 1. The Morgan fingerprint density at radius 2 is 2.07 bits per heavy atom. The van der Waals surface area contributed by atoms with Crippen molar-refractivity contribution in [3.63, 3.8) is 0 Å². The summed E-state index contributed by atoms with van der Waals surface area (Å²) in [4.78, 5) is 11.1. The highest BCUT2D eigenvalue weighted by atomic mass is 16.5. The Labute approximate surface area is 83.2 Å². The molecule has 2 rings (SSSR count). The average Bonchev–Trinajstić information content (AvgIpc) is 2.61. The van der Waals surface area contributed by atoms with Gasteiger partial charge in [0.2, 0.25) is 0 Å². The van der Waals surface area contributed by atoms with Crippen LogP contribution < -0.4 is 0 Å². The summed E-state index contributed by atoms with van der Waals surface area (Å²) in [7, 11) is 0. The van der Waals surface area contributed by atoms with Crippen LogP contribution in [0.15, 0.2) is 43.0 Å². The lowest BCUT2D eigenvalue weighted by Gasteiger charge is -2.13. The van der Waals surface area contributed by atoms with E-state index >= 15 is 0 Å². The Balaban J connectivity index is 2.26. The third kappa shape index (κ3) is 1.55. The first-order valence-corrected chi connectivity index (χ1v) is 4.68. The van der Waals surface area contributed by atoms with E-state index in [1.54, 1.807) is 6.08 Å². The maximum absolute atomic E-state index is 11.1. The number of hydrogen-bond acceptors (Lipinski definition) is 2. The molecule has 1 fully saturated rings. The van der Waals surface area contributed by atoms with Gasteiger partial charge in [-0.15, -0.1) is 0 Å². The first kappa shape index (κ1) is 9.00. The van der Waals surface area contributed by atoms with Crippen molar-refractivity contribution in [1.82, 2.24) is 0 Å². The summed E-state index contributed by atoms with van der Waals surface area (Å²) in [5, 5.41) is 0. The van der Waals surface area contributed by atoms with Gasteiger partial charge >= 0.3 is 5.97 Å². The Hall–Kier alpha value is -1.57. The molecule has 1 aromatic carbocycles. The molecule has 1 aromatic rings. The van der Waals surface area contributed by atoms with E-state index in [9.17, 15) is 4.79 Å². The molecule has 1 saturated heterocycles. The van der Waals surface area contributed by atoms with Crippen molar-refractivity contribution in [1.29, 1.82) is 0 Å². The normalized spacial score (nSPS) is 25.9. The molecule has 0 amide bonds. The van der Waals surface area contributed by atoms with E-state index < -0.39 is 0 Å². The van der Waals surface area contributed by atoms with Crippen LogP contribution in [0.1, 0.15) is 17.9 Å². The van der Waals surface area contributed by atoms with Gasteiger partial charge in [0.05, 0.1) is 6.42 Å². The average molecular weight is 188 g/mol. The Morgan fingerprint density at radius 1 is 1.36 bits per heavy atom. The second-order valence-electron chi connectivity index (χ2n) is 3.41. The Morgan fingerprint density at radius 3 is 2.71 bits per heavy atom. The summed E-state index contributed by atoms with van der Waals surface area (Å²) in [6.45, 7) is 3.68. The van der Waals surface area contributed by atoms with Crippen LogP contribution >= 0.6 is 0 Å². The van der Waals surface area contributed by atoms with Crippen LogP contribution in [0.25, 0.3) is 0 Å². The second-order valence-corrected chi connectivity index (χ2v) is 3.41. The van der Waals surface area contributed by atoms with Crippen LogP contribution in [0.3, 0.4) is 0 Å². The summed E-state index contributed by atoms with van der Waals surface area (Å²) in [6.07, 6.45) is 1.99. The molecule has 2 heteroatoms. The molecule has 1 aliphatic heterocycles. The van der Waals surface area contributed by atoms with E-state index in [0.717, 1.165) is 5.56 Å². The smallest absolute Gasteiger partial charge is 0.307 e. The molecule has 1 heterocycles. The van der Waals surface area contributed by atoms with E-state index in [4.69, 9.17) is 4.74 Å². The minimum absolute atomic E-state index is 0.135. The summed E-state index contributed by atoms with van der Waals surface area (Å²) in [5.74, 6) is 0.00459. The zero-order valence-corrected chi connectivity index (χ0v) is 7.85. The van der Waals surface area contributed by atoms with Gasteiger partial charge in [-0.1, -0.05) is 43.0 Å². The van der Waals surface area contributed by atoms with Gasteiger partial charge in [-0.3, -0.25) is 4.79 Å². The van der Waals surface area contributed by atoms with Crippen LogP contribution in [0, 0.1) is 0 Å². The third-order valence-electron chi connectivity index (χ3n) is 2.51. The third-order valence-corrected chi connectivity index (χ3v) is 2.51. The number of esters is 1. The number of rotatable bonds is 2. The van der Waals surface area contributed by atoms with Gasteiger partial charge in [0.1, 0.15) is 6.10 Å². The minimum atomic E-state index is -0.162. The van der Waals surface area contributed by atoms with Crippen LogP contribution in [-0.2, 0) is 9.53 Å². The number of benzene rings is 1. The second kappa shape index (κ2) is 3.66. The molecule has 2 atom stereocenters. The lowest BCUT2D eigenvalue weighted by atomic mass is 9.92. The highest BCUT2D eigenvalue weighted by molar-refractivity contribution is 5.73. The molecular weight excluding hydrogens is 176 g/mol. The number of cyclic esters (lactones) is 1. The topological polar surface area (TPSA) is 26.3 Å². The first-order chi connectivity index (χ1) is 6.81. The summed E-state index contributed by atoms with van der Waals surface area (Å²) in [5.41, 5.74) is 1.14. The summed E-state index contributed by atoms with van der Waals surface area (Å²) in [6, 6.07) is 9.94. The monoisotopic (exact) mass is 188 g/mol. The van der Waals surface area contributed by atoms with E-state index in [1.165, 1.54) is 0 Å². The standard InChI is InChI=1S/C12H12O2/c1-2-11-10(8-12(13)14-11)9-6-4-3-5-7-9/h2-7,10-11H,1,8H2/t10-,11+/m0/s1. The van der Waals surface area contributed by atoms with Crippen molar-refractivity contribution < 1.29 is 9.53 Å². The SMILES string of the molecule is C=C[C@H]1OC(=O)C[C@H]1c1ccccc1. The van der Waals surface area contributed by atoms with Gasteiger partial charge in [-0.25, -0.2) is 0 Å². The van der Waals surface area contributed by atoms with E-state index in [-0.39, 0.29) is 18.0 Å². The highest BCUT2D eigenvalue weighted by Crippen LogP contribution is 2.32. The zero-order valence-electron chi connectivity index (χ0n) is 7.85. The fourth-order valence-corrected chi connectivity index (χ4v) is 1.80. The van der Waals surface area contributed by atoms with Crippen molar-refractivity contribution in [3.8, 4) is 0 Å². The molecule has 72 valence electrons. The van der Waals surface area contributed by atoms with Crippen molar-refractivity contribution >= 4 is 5.97 Å². The molecule has 0 unspecified atom stereocenters. The van der Waals surface area contributed by atoms with E-state index in [1.807, 2.05) is 30.3 Å². The van der Waals surface area contributed by atoms with Gasteiger partial charge in [0.25, 0.3) is 0 Å². The van der Waals surface area contributed by atoms with Gasteiger partial charge in [-0.2, -0.15) is 0 Å². The minimum Gasteiger partial charge on any atom is -0.457 e. The Kier molecular flexibility index (Phi) is 2.35. The van der Waals surface area contributed by atoms with Crippen molar-refractivity contribution in [2.75, 3.05) is 0 Å². The van der Waals surface area contributed by atoms with Gasteiger partial charge in [-0.05, 0) is 5.56 Å². The molecule has 0 spiro atoms. The summed E-state index contributed by atoms with van der Waals surface area (Å²) < 4.78 is 5.12. The number of ether oxygens (including phenoxy) is 1. The molecule has 1 aliphatic rings. The van der Waals surface area contributed by atoms with Crippen LogP contribution in [0.5, 0.6) is 0 Å². The van der Waals surface area contributed by atoms with Crippen LogP contribution in [0.2, 0.25) is 0 Å². The molecular formula is C12H12O2. The van der Waals surface area contributed by atoms with Gasteiger partial charge in [0.15, 0.2) is 0 Å². The number of hydrogen-bond donors (Lipinski definition) is 0. The Bertz CT molecular complexity index is 343. The predicted molar refractivity (Wildman–Crippen MR) is 53.9 cm³/mol. The largest absolute Gasteiger partial charge is 0.457 e. The van der Waals surface area contributed by atoms with E-state index in [0.29, 0.717) is 6.42 Å². The molecule has 0 aliphatic carbocycles. The lowest BCUT2D eigenvalue weighted by molar-refractivity contribution is -0.140. The maximum atomic E-state index is 11.1. The fourth-order valence-electron chi connectivity index (χ4n) is 1.80. The fraction of sp³-hybridized carbons (Fsp3) is 0.250. The molecule has 0 bridgehead atoms. The number of carbonyl (C=O) groups is 1. The van der Waals surface area contributed by atoms with Crippen molar-refractivity contribution in [2.45, 2.75) is 18.4 Å². The van der Waals surface area contributed by atoms with E-state index in [2.05, 4.69) is 6.58 Å². The lowest BCUT2D eigenvalue weighted by Crippen LogP contribution is -2.10.